The monoisotopic (exact) mass is 176 g/mol. The lowest BCUT2D eigenvalue weighted by atomic mass is 10.2. The topological polar surface area (TPSA) is 34.1 Å². The first-order chi connectivity index (χ1) is 4.42. The van der Waals surface area contributed by atoms with Crippen molar-refractivity contribution >= 4 is 30.3 Å². The molecule has 0 aromatic rings. The third-order valence-corrected chi connectivity index (χ3v) is 3.55. The Morgan fingerprint density at radius 3 is 2.10 bits per heavy atom. The van der Waals surface area contributed by atoms with Crippen LogP contribution >= 0.6 is 12.6 Å². The van der Waals surface area contributed by atoms with Crippen molar-refractivity contribution in [2.75, 3.05) is 0 Å². The first-order valence-corrected chi connectivity index (χ1v) is 4.83. The summed E-state index contributed by atoms with van der Waals surface area (Å²) in [6.45, 7) is 3.14. The first kappa shape index (κ1) is 10.1. The van der Waals surface area contributed by atoms with Crippen molar-refractivity contribution in [3.63, 3.8) is 0 Å². The lowest BCUT2D eigenvalue weighted by molar-refractivity contribution is 0.595. The van der Waals surface area contributed by atoms with Crippen LogP contribution in [-0.2, 0) is 9.84 Å². The Labute approximate surface area is 68.4 Å². The highest BCUT2D eigenvalue weighted by molar-refractivity contribution is 7.98. The van der Waals surface area contributed by atoms with Crippen LogP contribution in [-0.4, -0.2) is 21.5 Å². The molecule has 0 aliphatic rings. The van der Waals surface area contributed by atoms with Crippen molar-refractivity contribution in [3.05, 3.63) is 10.2 Å². The Morgan fingerprint density at radius 2 is 2.00 bits per heavy atom. The van der Waals surface area contributed by atoms with Gasteiger partial charge in [-0.3, -0.25) is 0 Å². The van der Waals surface area contributed by atoms with Gasteiger partial charge >= 0.3 is 0 Å². The molecule has 0 spiro atoms. The highest BCUT2D eigenvalue weighted by Gasteiger charge is 2.16. The molecular weight excluding hydrogens is 167 g/mol. The van der Waals surface area contributed by atoms with Crippen LogP contribution in [0, 0.1) is 0 Å². The molecule has 0 amide bonds. The van der Waals surface area contributed by atoms with Crippen molar-refractivity contribution < 1.29 is 8.42 Å². The van der Waals surface area contributed by atoms with E-state index in [1.807, 2.05) is 0 Å². The fraction of sp³-hybridized carbons (Fsp3) is 0.600. The van der Waals surface area contributed by atoms with Gasteiger partial charge in [0, 0.05) is 0 Å². The third kappa shape index (κ3) is 2.06. The van der Waals surface area contributed by atoms with Crippen LogP contribution in [0.25, 0.3) is 0 Å². The van der Waals surface area contributed by atoms with Crippen molar-refractivity contribution in [2.24, 2.45) is 0 Å². The SMILES string of the molecule is [B]/C(=C\S)S(=O)(=O)C(C)C. The number of hydrogen-bond acceptors (Lipinski definition) is 3. The summed E-state index contributed by atoms with van der Waals surface area (Å²) >= 11 is 3.64. The lowest BCUT2D eigenvalue weighted by Gasteiger charge is -2.06. The van der Waals surface area contributed by atoms with Gasteiger partial charge in [-0.05, 0) is 24.1 Å². The Hall–Kier alpha value is 0.105. The predicted molar refractivity (Wildman–Crippen MR) is 46.9 cm³/mol. The summed E-state index contributed by atoms with van der Waals surface area (Å²) < 4.78 is 22.0. The van der Waals surface area contributed by atoms with E-state index in [2.05, 4.69) is 12.6 Å². The van der Waals surface area contributed by atoms with E-state index in [0.717, 1.165) is 5.41 Å². The van der Waals surface area contributed by atoms with Crippen molar-refractivity contribution in [3.8, 4) is 0 Å². The van der Waals surface area contributed by atoms with Gasteiger partial charge < -0.3 is 0 Å². The maximum Gasteiger partial charge on any atom is 0.167 e. The lowest BCUT2D eigenvalue weighted by Crippen LogP contribution is -2.15. The van der Waals surface area contributed by atoms with Gasteiger partial charge in [-0.15, -0.1) is 0 Å². The number of hydrogen-bond donors (Lipinski definition) is 1. The average Bonchev–Trinajstić information content (AvgIpc) is 1.86. The number of thiol groups is 1. The molecule has 0 atom stereocenters. The zero-order valence-electron chi connectivity index (χ0n) is 5.90. The average molecular weight is 176 g/mol. The van der Waals surface area contributed by atoms with Gasteiger partial charge in [-0.1, -0.05) is 0 Å². The standard InChI is InChI=1S/C5H9BO2S2/c1-4(2)10(7,8)5(6)3-9/h3-4,9H,1-2H3/b5-3+. The van der Waals surface area contributed by atoms with E-state index >= 15 is 0 Å². The van der Waals surface area contributed by atoms with Gasteiger partial charge in [-0.25, -0.2) is 8.42 Å². The molecule has 5 heteroatoms. The van der Waals surface area contributed by atoms with Gasteiger partial charge in [0.15, 0.2) is 9.84 Å². The van der Waals surface area contributed by atoms with Crippen LogP contribution in [0.1, 0.15) is 13.8 Å². The van der Waals surface area contributed by atoms with Gasteiger partial charge in [0.1, 0.15) is 7.85 Å². The molecule has 0 saturated carbocycles. The van der Waals surface area contributed by atoms with E-state index in [1.165, 1.54) is 0 Å². The molecule has 0 aliphatic carbocycles. The van der Waals surface area contributed by atoms with E-state index in [9.17, 15) is 8.42 Å². The quantitative estimate of drug-likeness (QED) is 0.496. The van der Waals surface area contributed by atoms with Crippen LogP contribution in [0.4, 0.5) is 0 Å². The largest absolute Gasteiger partial charge is 0.225 e. The smallest absolute Gasteiger partial charge is 0.167 e. The fourth-order valence-electron chi connectivity index (χ4n) is 0.346. The molecule has 10 heavy (non-hydrogen) atoms. The molecule has 0 aliphatic heterocycles. The Balaban J connectivity index is 4.78. The van der Waals surface area contributed by atoms with Gasteiger partial charge in [-0.2, -0.15) is 12.6 Å². The first-order valence-electron chi connectivity index (χ1n) is 2.76. The minimum atomic E-state index is -3.26. The van der Waals surface area contributed by atoms with Crippen LogP contribution < -0.4 is 0 Å². The summed E-state index contributed by atoms with van der Waals surface area (Å²) in [6, 6.07) is 0. The van der Waals surface area contributed by atoms with Crippen molar-refractivity contribution in [2.45, 2.75) is 19.1 Å². The molecule has 2 nitrogen and oxygen atoms in total. The zero-order chi connectivity index (χ0) is 8.36. The van der Waals surface area contributed by atoms with Gasteiger partial charge in [0.05, 0.1) is 5.25 Å². The minimum absolute atomic E-state index is 0.175. The fourth-order valence-corrected chi connectivity index (χ4v) is 1.48. The van der Waals surface area contributed by atoms with Crippen LogP contribution in [0.5, 0.6) is 0 Å². The molecule has 0 heterocycles. The summed E-state index contributed by atoms with van der Waals surface area (Å²) in [5, 5.41) is 0.617. The molecule has 56 valence electrons. The van der Waals surface area contributed by atoms with E-state index < -0.39 is 15.1 Å². The maximum absolute atomic E-state index is 11.0. The minimum Gasteiger partial charge on any atom is -0.225 e. The van der Waals surface area contributed by atoms with Gasteiger partial charge in [0.25, 0.3) is 0 Å². The van der Waals surface area contributed by atoms with Crippen molar-refractivity contribution in [1.82, 2.24) is 0 Å². The predicted octanol–water partition coefficient (Wildman–Crippen LogP) is 0.707. The second-order valence-corrected chi connectivity index (χ2v) is 4.89. The Morgan fingerprint density at radius 1 is 1.60 bits per heavy atom. The third-order valence-electron chi connectivity index (χ3n) is 1.08. The van der Waals surface area contributed by atoms with E-state index in [4.69, 9.17) is 7.85 Å². The molecular formula is C5H9BO2S2. The normalized spacial score (nSPS) is 14.2. The van der Waals surface area contributed by atoms with E-state index in [1.54, 1.807) is 13.8 Å². The van der Waals surface area contributed by atoms with Crippen LogP contribution in [0.2, 0.25) is 0 Å². The highest BCUT2D eigenvalue weighted by atomic mass is 32.2. The zero-order valence-corrected chi connectivity index (χ0v) is 7.61. The molecule has 0 aromatic heterocycles. The summed E-state index contributed by atoms with van der Waals surface area (Å²) in [5.41, 5.74) is 0. The summed E-state index contributed by atoms with van der Waals surface area (Å²) in [4.78, 5) is -0.175. The Kier molecular flexibility index (Phi) is 3.52. The highest BCUT2D eigenvalue weighted by Crippen LogP contribution is 2.09. The molecule has 2 radical (unpaired) electrons. The van der Waals surface area contributed by atoms with Crippen LogP contribution in [0.3, 0.4) is 0 Å². The van der Waals surface area contributed by atoms with E-state index in [0.29, 0.717) is 0 Å². The molecule has 0 unspecified atom stereocenters. The number of rotatable bonds is 2. The summed E-state index contributed by atoms with van der Waals surface area (Å²) in [5.74, 6) is 0. The van der Waals surface area contributed by atoms with Crippen LogP contribution in [0.15, 0.2) is 10.2 Å². The van der Waals surface area contributed by atoms with Gasteiger partial charge in [0.2, 0.25) is 0 Å². The number of sulfone groups is 1. The summed E-state index contributed by atoms with van der Waals surface area (Å²) in [6.07, 6.45) is 0. The molecule has 0 bridgehead atoms. The molecule has 0 aromatic carbocycles. The molecule has 0 saturated heterocycles. The molecule has 0 rings (SSSR count). The Bertz CT molecular complexity index is 228. The summed E-state index contributed by atoms with van der Waals surface area (Å²) in [7, 11) is 1.88. The second kappa shape index (κ2) is 3.48. The molecule has 0 fully saturated rings. The molecule has 0 N–H and O–H groups in total. The maximum atomic E-state index is 11.0. The second-order valence-electron chi connectivity index (χ2n) is 2.13. The van der Waals surface area contributed by atoms with E-state index in [-0.39, 0.29) is 4.80 Å². The van der Waals surface area contributed by atoms with Crippen molar-refractivity contribution in [1.29, 1.82) is 0 Å².